The molecule has 2 aromatic carbocycles. The number of hydrogen-bond donors (Lipinski definition) is 1. The van der Waals surface area contributed by atoms with Crippen LogP contribution in [0.4, 0.5) is 5.69 Å². The molecule has 138 valence electrons. The van der Waals surface area contributed by atoms with Crippen LogP contribution in [0.1, 0.15) is 50.2 Å². The maximum atomic E-state index is 12.2. The number of ether oxygens (including phenoxy) is 2. The molecule has 27 heavy (non-hydrogen) atoms. The lowest BCUT2D eigenvalue weighted by molar-refractivity contribution is 0.0592. The summed E-state index contributed by atoms with van der Waals surface area (Å²) in [4.78, 5) is 23.9. The highest BCUT2D eigenvalue weighted by Crippen LogP contribution is 2.50. The lowest BCUT2D eigenvalue weighted by Gasteiger charge is -2.38. The minimum absolute atomic E-state index is 0.0370. The second-order valence-corrected chi connectivity index (χ2v) is 6.85. The first-order valence-electron chi connectivity index (χ1n) is 8.96. The largest absolute Gasteiger partial charge is 0.465 e. The summed E-state index contributed by atoms with van der Waals surface area (Å²) in [6, 6.07) is 13.3. The van der Waals surface area contributed by atoms with E-state index in [0.717, 1.165) is 23.2 Å². The molecule has 1 aliphatic carbocycles. The highest BCUT2D eigenvalue weighted by molar-refractivity contribution is 5.97. The van der Waals surface area contributed by atoms with Crippen molar-refractivity contribution in [2.75, 3.05) is 19.5 Å². The van der Waals surface area contributed by atoms with Crippen LogP contribution in [0.3, 0.4) is 0 Å². The molecule has 4 rings (SSSR count). The van der Waals surface area contributed by atoms with Crippen LogP contribution in [-0.4, -0.2) is 26.2 Å². The van der Waals surface area contributed by atoms with Gasteiger partial charge in [0.1, 0.15) is 0 Å². The number of carbonyl (C=O) groups excluding carboxylic acids is 2. The van der Waals surface area contributed by atoms with E-state index in [1.54, 1.807) is 18.2 Å². The second kappa shape index (κ2) is 6.91. The number of fused-ring (bicyclic) bond motifs is 3. The van der Waals surface area contributed by atoms with Gasteiger partial charge in [0, 0.05) is 5.92 Å². The van der Waals surface area contributed by atoms with Gasteiger partial charge in [-0.05, 0) is 41.7 Å². The third-order valence-electron chi connectivity index (χ3n) is 5.49. The lowest BCUT2D eigenvalue weighted by atomic mass is 9.76. The van der Waals surface area contributed by atoms with E-state index in [-0.39, 0.29) is 23.9 Å². The van der Waals surface area contributed by atoms with Crippen molar-refractivity contribution in [1.82, 2.24) is 0 Å². The summed E-state index contributed by atoms with van der Waals surface area (Å²) in [6.45, 7) is 0. The van der Waals surface area contributed by atoms with Crippen LogP contribution in [0.15, 0.2) is 54.6 Å². The molecule has 1 aliphatic heterocycles. The van der Waals surface area contributed by atoms with Crippen LogP contribution in [-0.2, 0) is 9.47 Å². The number of methoxy groups -OCH3 is 2. The van der Waals surface area contributed by atoms with Gasteiger partial charge in [0.05, 0.1) is 37.1 Å². The van der Waals surface area contributed by atoms with Crippen LogP contribution in [0, 0.1) is 5.92 Å². The van der Waals surface area contributed by atoms with Crippen molar-refractivity contribution in [2.24, 2.45) is 5.92 Å². The van der Waals surface area contributed by atoms with Crippen molar-refractivity contribution >= 4 is 17.6 Å². The number of carbonyl (C=O) groups is 2. The second-order valence-electron chi connectivity index (χ2n) is 6.85. The van der Waals surface area contributed by atoms with Crippen molar-refractivity contribution in [3.8, 4) is 0 Å². The Kier molecular flexibility index (Phi) is 4.44. The summed E-state index contributed by atoms with van der Waals surface area (Å²) in [6.07, 6.45) is 5.39. The monoisotopic (exact) mass is 363 g/mol. The zero-order valence-electron chi connectivity index (χ0n) is 15.3. The molecule has 0 saturated carbocycles. The quantitative estimate of drug-likeness (QED) is 0.657. The van der Waals surface area contributed by atoms with Crippen LogP contribution < -0.4 is 5.32 Å². The van der Waals surface area contributed by atoms with E-state index in [1.165, 1.54) is 14.2 Å². The first-order chi connectivity index (χ1) is 13.1. The van der Waals surface area contributed by atoms with Crippen molar-refractivity contribution in [3.05, 3.63) is 76.9 Å². The molecular weight excluding hydrogens is 342 g/mol. The fraction of sp³-hybridized carbons (Fsp3) is 0.273. The van der Waals surface area contributed by atoms with E-state index >= 15 is 0 Å². The third-order valence-corrected chi connectivity index (χ3v) is 5.49. The predicted molar refractivity (Wildman–Crippen MR) is 102 cm³/mol. The smallest absolute Gasteiger partial charge is 0.339 e. The molecule has 5 nitrogen and oxygen atoms in total. The lowest BCUT2D eigenvalue weighted by Crippen LogP contribution is -2.30. The Hall–Kier alpha value is -3.08. The van der Waals surface area contributed by atoms with Gasteiger partial charge in [0.15, 0.2) is 0 Å². The van der Waals surface area contributed by atoms with Crippen LogP contribution in [0.2, 0.25) is 0 Å². The van der Waals surface area contributed by atoms with E-state index in [4.69, 9.17) is 9.47 Å². The van der Waals surface area contributed by atoms with Crippen molar-refractivity contribution in [1.29, 1.82) is 0 Å². The first kappa shape index (κ1) is 17.3. The summed E-state index contributed by atoms with van der Waals surface area (Å²) in [5.74, 6) is -0.0954. The SMILES string of the molecule is COC(=O)c1ccc([C@H]2Nc3c(C(=O)OC)cccc3[C@@H]3C=CC[C@@H]23)cc1. The van der Waals surface area contributed by atoms with Crippen LogP contribution >= 0.6 is 0 Å². The Morgan fingerprint density at radius 3 is 2.44 bits per heavy atom. The molecule has 0 unspecified atom stereocenters. The molecule has 2 aromatic rings. The standard InChI is InChI=1S/C22H21NO4/c1-26-21(24)14-11-9-13(10-12-14)19-16-6-3-5-15(16)17-7-4-8-18(20(17)23-19)22(25)27-2/h3-5,7-12,15-16,19,23H,6H2,1-2H3/t15-,16-,19-/m1/s1. The van der Waals surface area contributed by atoms with E-state index in [2.05, 4.69) is 23.5 Å². The number of allylic oxidation sites excluding steroid dienone is 2. The molecule has 1 heterocycles. The number of rotatable bonds is 3. The molecule has 0 bridgehead atoms. The molecule has 0 amide bonds. The summed E-state index contributed by atoms with van der Waals surface area (Å²) in [5, 5.41) is 3.57. The molecule has 0 fully saturated rings. The normalized spacial score (nSPS) is 22.4. The van der Waals surface area contributed by atoms with E-state index in [1.807, 2.05) is 18.2 Å². The Morgan fingerprint density at radius 1 is 1.00 bits per heavy atom. The van der Waals surface area contributed by atoms with Gasteiger partial charge in [-0.3, -0.25) is 0 Å². The molecule has 1 N–H and O–H groups in total. The number of para-hydroxylation sites is 1. The predicted octanol–water partition coefficient (Wildman–Crippen LogP) is 4.09. The van der Waals surface area contributed by atoms with E-state index in [9.17, 15) is 9.59 Å². The van der Waals surface area contributed by atoms with Gasteiger partial charge in [0.25, 0.3) is 0 Å². The highest BCUT2D eigenvalue weighted by Gasteiger charge is 2.39. The van der Waals surface area contributed by atoms with Gasteiger partial charge < -0.3 is 14.8 Å². The third kappa shape index (κ3) is 2.89. The molecule has 2 aliphatic rings. The first-order valence-corrected chi connectivity index (χ1v) is 8.96. The van der Waals surface area contributed by atoms with Gasteiger partial charge >= 0.3 is 11.9 Å². The molecule has 0 aromatic heterocycles. The van der Waals surface area contributed by atoms with Gasteiger partial charge in [-0.15, -0.1) is 0 Å². The van der Waals surface area contributed by atoms with Crippen LogP contribution in [0.5, 0.6) is 0 Å². The summed E-state index contributed by atoms with van der Waals surface area (Å²) in [5.41, 5.74) is 4.10. The Bertz CT molecular complexity index is 916. The molecule has 3 atom stereocenters. The number of hydrogen-bond acceptors (Lipinski definition) is 5. The molecule has 0 spiro atoms. The van der Waals surface area contributed by atoms with Gasteiger partial charge in [-0.1, -0.05) is 36.4 Å². The summed E-state index contributed by atoms with van der Waals surface area (Å²) < 4.78 is 9.74. The van der Waals surface area contributed by atoms with Gasteiger partial charge in [-0.2, -0.15) is 0 Å². The molecule has 0 radical (unpaired) electrons. The summed E-state index contributed by atoms with van der Waals surface area (Å²) >= 11 is 0. The average Bonchev–Trinajstić information content (AvgIpc) is 3.22. The average molecular weight is 363 g/mol. The van der Waals surface area contributed by atoms with E-state index < -0.39 is 0 Å². The fourth-order valence-corrected chi connectivity index (χ4v) is 4.18. The minimum atomic E-state index is -0.350. The maximum Gasteiger partial charge on any atom is 0.339 e. The van der Waals surface area contributed by atoms with E-state index in [0.29, 0.717) is 17.0 Å². The Labute approximate surface area is 158 Å². The maximum absolute atomic E-state index is 12.2. The van der Waals surface area contributed by atoms with Gasteiger partial charge in [-0.25, -0.2) is 9.59 Å². The zero-order chi connectivity index (χ0) is 19.0. The van der Waals surface area contributed by atoms with Crippen molar-refractivity contribution < 1.29 is 19.1 Å². The molecule has 5 heteroatoms. The number of esters is 2. The fourth-order valence-electron chi connectivity index (χ4n) is 4.18. The highest BCUT2D eigenvalue weighted by atomic mass is 16.5. The number of benzene rings is 2. The zero-order valence-corrected chi connectivity index (χ0v) is 15.3. The molecule has 0 saturated heterocycles. The number of anilines is 1. The van der Waals surface area contributed by atoms with Crippen molar-refractivity contribution in [2.45, 2.75) is 18.4 Å². The van der Waals surface area contributed by atoms with Gasteiger partial charge in [0.2, 0.25) is 0 Å². The van der Waals surface area contributed by atoms with Crippen molar-refractivity contribution in [3.63, 3.8) is 0 Å². The molecular formula is C22H21NO4. The Balaban J connectivity index is 1.74. The minimum Gasteiger partial charge on any atom is -0.465 e. The summed E-state index contributed by atoms with van der Waals surface area (Å²) in [7, 11) is 2.77. The Morgan fingerprint density at radius 2 is 1.74 bits per heavy atom. The van der Waals surface area contributed by atoms with Crippen LogP contribution in [0.25, 0.3) is 0 Å². The topological polar surface area (TPSA) is 64.6 Å². The number of nitrogens with one attached hydrogen (secondary N) is 1.